The molecular weight excluding hydrogens is 324 g/mol. The third kappa shape index (κ3) is 2.75. The monoisotopic (exact) mass is 342 g/mol. The van der Waals surface area contributed by atoms with Crippen LogP contribution in [0, 0.1) is 6.92 Å². The first-order chi connectivity index (χ1) is 12.6. The number of hydrogen-bond acceptors (Lipinski definition) is 2. The van der Waals surface area contributed by atoms with Gasteiger partial charge >= 0.3 is 5.97 Å². The van der Waals surface area contributed by atoms with Gasteiger partial charge in [0.25, 0.3) is 0 Å². The van der Waals surface area contributed by atoms with Crippen molar-refractivity contribution in [1.82, 2.24) is 9.55 Å². The van der Waals surface area contributed by atoms with Crippen molar-refractivity contribution in [2.75, 3.05) is 0 Å². The smallest absolute Gasteiger partial charge is 0.352 e. The third-order valence-electron chi connectivity index (χ3n) is 4.75. The first-order valence-electron chi connectivity index (χ1n) is 8.45. The predicted octanol–water partition coefficient (Wildman–Crippen LogP) is 4.76. The van der Waals surface area contributed by atoms with Gasteiger partial charge in [-0.1, -0.05) is 36.4 Å². The van der Waals surface area contributed by atoms with E-state index >= 15 is 0 Å². The lowest BCUT2D eigenvalue weighted by atomic mass is 9.99. The van der Waals surface area contributed by atoms with Crippen LogP contribution < -0.4 is 0 Å². The van der Waals surface area contributed by atoms with Crippen LogP contribution in [0.2, 0.25) is 0 Å². The summed E-state index contributed by atoms with van der Waals surface area (Å²) in [6.45, 7) is 2.56. The molecule has 26 heavy (non-hydrogen) atoms. The van der Waals surface area contributed by atoms with Crippen molar-refractivity contribution in [2.24, 2.45) is 0 Å². The van der Waals surface area contributed by atoms with Crippen molar-refractivity contribution in [3.63, 3.8) is 0 Å². The highest BCUT2D eigenvalue weighted by molar-refractivity contribution is 5.89. The molecule has 0 fully saturated rings. The number of aromatic carboxylic acids is 1. The van der Waals surface area contributed by atoms with Gasteiger partial charge < -0.3 is 9.67 Å². The Balaban J connectivity index is 1.91. The first-order valence-corrected chi connectivity index (χ1v) is 8.45. The van der Waals surface area contributed by atoms with Crippen molar-refractivity contribution < 1.29 is 9.90 Å². The van der Waals surface area contributed by atoms with Crippen LogP contribution in [0.5, 0.6) is 0 Å². The topological polar surface area (TPSA) is 55.1 Å². The van der Waals surface area contributed by atoms with Gasteiger partial charge in [-0.25, -0.2) is 4.79 Å². The second kappa shape index (κ2) is 6.48. The van der Waals surface area contributed by atoms with Crippen molar-refractivity contribution in [3.8, 4) is 11.3 Å². The lowest BCUT2D eigenvalue weighted by molar-refractivity contribution is 0.0686. The Kier molecular flexibility index (Phi) is 4.01. The van der Waals surface area contributed by atoms with E-state index in [4.69, 9.17) is 0 Å². The Bertz CT molecular complexity index is 1100. The minimum Gasteiger partial charge on any atom is -0.477 e. The summed E-state index contributed by atoms with van der Waals surface area (Å²) < 4.78 is 1.86. The maximum absolute atomic E-state index is 11.8. The molecule has 4 nitrogen and oxygen atoms in total. The molecule has 128 valence electrons. The molecule has 2 heterocycles. The molecule has 0 radical (unpaired) electrons. The average Bonchev–Trinajstić information content (AvgIpc) is 3.09. The number of hydrogen-bond donors (Lipinski definition) is 1. The summed E-state index contributed by atoms with van der Waals surface area (Å²) in [6.07, 6.45) is 3.47. The number of benzene rings is 2. The number of carboxylic acid groups (broad SMARTS) is 1. The number of carboxylic acids is 1. The Morgan fingerprint density at radius 1 is 1.04 bits per heavy atom. The molecule has 0 spiro atoms. The van der Waals surface area contributed by atoms with E-state index in [-0.39, 0.29) is 5.69 Å². The molecule has 2 aromatic heterocycles. The largest absolute Gasteiger partial charge is 0.477 e. The van der Waals surface area contributed by atoms with Gasteiger partial charge in [0.1, 0.15) is 5.69 Å². The molecule has 0 aliphatic carbocycles. The molecule has 0 saturated carbocycles. The van der Waals surface area contributed by atoms with E-state index in [1.165, 1.54) is 0 Å². The highest BCUT2D eigenvalue weighted by Gasteiger charge is 2.17. The summed E-state index contributed by atoms with van der Waals surface area (Å²) >= 11 is 0. The van der Waals surface area contributed by atoms with E-state index in [0.29, 0.717) is 6.54 Å². The molecule has 0 aliphatic heterocycles. The van der Waals surface area contributed by atoms with E-state index in [9.17, 15) is 9.90 Å². The first kappa shape index (κ1) is 16.1. The van der Waals surface area contributed by atoms with Crippen molar-refractivity contribution in [2.45, 2.75) is 13.5 Å². The standard InChI is InChI=1S/C22H18N2O2/c1-15-8-9-16-5-2-3-7-18(16)19(15)14-24-20(10-11-21(24)22(25)26)17-6-4-12-23-13-17/h2-13H,14H2,1H3,(H,25,26). The summed E-state index contributed by atoms with van der Waals surface area (Å²) in [6, 6.07) is 19.7. The van der Waals surface area contributed by atoms with Gasteiger partial charge in [0.05, 0.1) is 5.69 Å². The molecule has 0 bridgehead atoms. The van der Waals surface area contributed by atoms with Gasteiger partial charge in [-0.2, -0.15) is 0 Å². The molecule has 0 amide bonds. The zero-order valence-electron chi connectivity index (χ0n) is 14.4. The van der Waals surface area contributed by atoms with Crippen LogP contribution in [-0.4, -0.2) is 20.6 Å². The van der Waals surface area contributed by atoms with Crippen LogP contribution in [0.25, 0.3) is 22.0 Å². The van der Waals surface area contributed by atoms with Gasteiger partial charge in [-0.05, 0) is 53.1 Å². The Morgan fingerprint density at radius 2 is 1.88 bits per heavy atom. The molecular formula is C22H18N2O2. The SMILES string of the molecule is Cc1ccc2ccccc2c1Cn1c(C(=O)O)ccc1-c1cccnc1. The lowest BCUT2D eigenvalue weighted by Gasteiger charge is -2.16. The summed E-state index contributed by atoms with van der Waals surface area (Å²) in [5, 5.41) is 12.0. The van der Waals surface area contributed by atoms with E-state index in [2.05, 4.69) is 36.2 Å². The van der Waals surface area contributed by atoms with Crippen LogP contribution in [0.3, 0.4) is 0 Å². The Hall–Kier alpha value is -3.40. The quantitative estimate of drug-likeness (QED) is 0.582. The molecule has 4 rings (SSSR count). The van der Waals surface area contributed by atoms with E-state index in [1.807, 2.05) is 34.9 Å². The van der Waals surface area contributed by atoms with Crippen LogP contribution in [0.1, 0.15) is 21.6 Å². The molecule has 1 N–H and O–H groups in total. The highest BCUT2D eigenvalue weighted by Crippen LogP contribution is 2.28. The fraction of sp³-hybridized carbons (Fsp3) is 0.0909. The summed E-state index contributed by atoms with van der Waals surface area (Å²) in [4.78, 5) is 15.9. The number of aromatic nitrogens is 2. The molecule has 0 atom stereocenters. The second-order valence-corrected chi connectivity index (χ2v) is 6.32. The van der Waals surface area contributed by atoms with Crippen LogP contribution in [0.15, 0.2) is 73.1 Å². The molecule has 0 aliphatic rings. The minimum absolute atomic E-state index is 0.274. The molecule has 2 aromatic carbocycles. The van der Waals surface area contributed by atoms with Crippen LogP contribution >= 0.6 is 0 Å². The van der Waals surface area contributed by atoms with Crippen LogP contribution in [-0.2, 0) is 6.54 Å². The fourth-order valence-electron chi connectivity index (χ4n) is 3.40. The van der Waals surface area contributed by atoms with Crippen molar-refractivity contribution >= 4 is 16.7 Å². The zero-order chi connectivity index (χ0) is 18.1. The van der Waals surface area contributed by atoms with Crippen molar-refractivity contribution in [1.29, 1.82) is 0 Å². The highest BCUT2D eigenvalue weighted by atomic mass is 16.4. The number of nitrogens with zero attached hydrogens (tertiary/aromatic N) is 2. The summed E-state index contributed by atoms with van der Waals surface area (Å²) in [5.41, 5.74) is 4.30. The van der Waals surface area contributed by atoms with Crippen LogP contribution in [0.4, 0.5) is 0 Å². The Morgan fingerprint density at radius 3 is 2.65 bits per heavy atom. The minimum atomic E-state index is -0.932. The number of rotatable bonds is 4. The van der Waals surface area contributed by atoms with E-state index in [1.54, 1.807) is 18.5 Å². The van der Waals surface area contributed by atoms with Crippen molar-refractivity contribution in [3.05, 3.63) is 89.9 Å². The lowest BCUT2D eigenvalue weighted by Crippen LogP contribution is -2.12. The summed E-state index contributed by atoms with van der Waals surface area (Å²) in [5.74, 6) is -0.932. The fourth-order valence-corrected chi connectivity index (χ4v) is 3.40. The maximum atomic E-state index is 11.8. The third-order valence-corrected chi connectivity index (χ3v) is 4.75. The maximum Gasteiger partial charge on any atom is 0.352 e. The predicted molar refractivity (Wildman–Crippen MR) is 102 cm³/mol. The Labute approximate surface area is 151 Å². The number of aryl methyl sites for hydroxylation is 1. The van der Waals surface area contributed by atoms with Gasteiger partial charge in [-0.3, -0.25) is 4.98 Å². The molecule has 0 saturated heterocycles. The van der Waals surface area contributed by atoms with Gasteiger partial charge in [0.15, 0.2) is 0 Å². The van der Waals surface area contributed by atoms with E-state index < -0.39 is 5.97 Å². The molecule has 4 aromatic rings. The van der Waals surface area contributed by atoms with Gasteiger partial charge in [-0.15, -0.1) is 0 Å². The van der Waals surface area contributed by atoms with Gasteiger partial charge in [0, 0.05) is 24.5 Å². The number of pyridine rings is 1. The molecule has 0 unspecified atom stereocenters. The normalized spacial score (nSPS) is 11.0. The zero-order valence-corrected chi connectivity index (χ0v) is 14.4. The molecule has 4 heteroatoms. The van der Waals surface area contributed by atoms with E-state index in [0.717, 1.165) is 33.2 Å². The number of carbonyl (C=O) groups is 1. The number of fused-ring (bicyclic) bond motifs is 1. The second-order valence-electron chi connectivity index (χ2n) is 6.32. The van der Waals surface area contributed by atoms with Gasteiger partial charge in [0.2, 0.25) is 0 Å². The summed E-state index contributed by atoms with van der Waals surface area (Å²) in [7, 11) is 0. The average molecular weight is 342 g/mol.